The fraction of sp³-hybridized carbons (Fsp3) is 0.176. The first kappa shape index (κ1) is 17.0. The number of rotatable bonds is 5. The van der Waals surface area contributed by atoms with E-state index < -0.39 is 23.7 Å². The van der Waals surface area contributed by atoms with Gasteiger partial charge in [-0.2, -0.15) is 0 Å². The minimum Gasteiger partial charge on any atom is -0.469 e. The minimum absolute atomic E-state index is 0.102. The van der Waals surface area contributed by atoms with Crippen LogP contribution in [0.4, 0.5) is 4.39 Å². The number of benzene rings is 2. The van der Waals surface area contributed by atoms with Crippen molar-refractivity contribution < 1.29 is 18.7 Å². The number of carbonyl (C=O) groups excluding carboxylic acids is 2. The monoisotopic (exact) mass is 335 g/mol. The summed E-state index contributed by atoms with van der Waals surface area (Å²) in [4.78, 5) is 23.9. The zero-order valence-corrected chi connectivity index (χ0v) is 13.1. The third kappa shape index (κ3) is 4.29. The molecule has 6 heteroatoms. The molecule has 0 aliphatic heterocycles. The molecule has 0 saturated heterocycles. The van der Waals surface area contributed by atoms with Gasteiger partial charge in [-0.3, -0.25) is 9.59 Å². The summed E-state index contributed by atoms with van der Waals surface area (Å²) in [6, 6.07) is 11.7. The van der Waals surface area contributed by atoms with E-state index in [4.69, 9.17) is 11.6 Å². The average molecular weight is 336 g/mol. The fourth-order valence-corrected chi connectivity index (χ4v) is 2.40. The molecular weight excluding hydrogens is 321 g/mol. The Balaban J connectivity index is 2.28. The Bertz CT molecular complexity index is 720. The third-order valence-electron chi connectivity index (χ3n) is 3.30. The van der Waals surface area contributed by atoms with Crippen molar-refractivity contribution in [3.05, 3.63) is 70.5 Å². The van der Waals surface area contributed by atoms with Crippen molar-refractivity contribution in [3.8, 4) is 0 Å². The van der Waals surface area contributed by atoms with Gasteiger partial charge in [0.05, 0.1) is 25.1 Å². The molecule has 0 saturated carbocycles. The van der Waals surface area contributed by atoms with Crippen LogP contribution in [0.3, 0.4) is 0 Å². The Labute approximate surface area is 138 Å². The minimum atomic E-state index is -0.719. The molecule has 0 radical (unpaired) electrons. The van der Waals surface area contributed by atoms with Crippen LogP contribution in [0, 0.1) is 5.82 Å². The predicted octanol–water partition coefficient (Wildman–Crippen LogP) is 3.51. The van der Waals surface area contributed by atoms with Gasteiger partial charge in [0.15, 0.2) is 0 Å². The Morgan fingerprint density at radius 1 is 1.17 bits per heavy atom. The molecule has 2 rings (SSSR count). The molecule has 0 aromatic heterocycles. The van der Waals surface area contributed by atoms with Crippen LogP contribution in [0.5, 0.6) is 0 Å². The molecule has 120 valence electrons. The Morgan fingerprint density at radius 2 is 1.83 bits per heavy atom. The maximum atomic E-state index is 13.7. The number of hydrogen-bond acceptors (Lipinski definition) is 3. The lowest BCUT2D eigenvalue weighted by atomic mass is 10.0. The van der Waals surface area contributed by atoms with Crippen molar-refractivity contribution in [2.24, 2.45) is 0 Å². The molecule has 0 unspecified atom stereocenters. The van der Waals surface area contributed by atoms with Crippen LogP contribution < -0.4 is 5.32 Å². The summed E-state index contributed by atoms with van der Waals surface area (Å²) >= 11 is 6.13. The topological polar surface area (TPSA) is 55.4 Å². The van der Waals surface area contributed by atoms with E-state index >= 15 is 0 Å². The highest BCUT2D eigenvalue weighted by molar-refractivity contribution is 6.31. The van der Waals surface area contributed by atoms with Gasteiger partial charge < -0.3 is 10.1 Å². The molecular formula is C17H15ClFNO3. The maximum absolute atomic E-state index is 13.7. The quantitative estimate of drug-likeness (QED) is 0.851. The summed E-state index contributed by atoms with van der Waals surface area (Å²) in [5.74, 6) is -1.78. The van der Waals surface area contributed by atoms with Crippen molar-refractivity contribution >= 4 is 23.5 Å². The lowest BCUT2D eigenvalue weighted by Crippen LogP contribution is -2.31. The van der Waals surface area contributed by atoms with E-state index in [1.807, 2.05) is 0 Å². The first-order valence-electron chi connectivity index (χ1n) is 6.89. The van der Waals surface area contributed by atoms with Crippen molar-refractivity contribution in [2.45, 2.75) is 12.5 Å². The van der Waals surface area contributed by atoms with Gasteiger partial charge in [0.2, 0.25) is 0 Å². The summed E-state index contributed by atoms with van der Waals surface area (Å²) in [5, 5.41) is 3.03. The number of halogens is 2. The van der Waals surface area contributed by atoms with Crippen molar-refractivity contribution in [1.82, 2.24) is 5.32 Å². The van der Waals surface area contributed by atoms with E-state index in [0.29, 0.717) is 10.6 Å². The summed E-state index contributed by atoms with van der Waals surface area (Å²) in [6.07, 6.45) is -0.111. The van der Waals surface area contributed by atoms with E-state index in [1.54, 1.807) is 30.3 Å². The molecule has 0 fully saturated rings. The standard InChI is InChI=1S/C17H15ClFNO3/c1-23-16(21)10-15(11-6-2-4-8-13(11)18)20-17(22)12-7-3-5-9-14(12)19/h2-9,15H,10H2,1H3,(H,20,22)/t15-/m0/s1. The van der Waals surface area contributed by atoms with Crippen LogP contribution in [-0.2, 0) is 9.53 Å². The second-order valence-corrected chi connectivity index (χ2v) is 5.21. The van der Waals surface area contributed by atoms with Crippen LogP contribution in [0.15, 0.2) is 48.5 Å². The zero-order chi connectivity index (χ0) is 16.8. The fourth-order valence-electron chi connectivity index (χ4n) is 2.13. The number of ether oxygens (including phenoxy) is 1. The molecule has 1 atom stereocenters. The Hall–Kier alpha value is -2.40. The molecule has 0 bridgehead atoms. The number of methoxy groups -OCH3 is 1. The third-order valence-corrected chi connectivity index (χ3v) is 3.65. The number of nitrogens with one attached hydrogen (secondary N) is 1. The molecule has 0 aliphatic carbocycles. The molecule has 0 aliphatic rings. The lowest BCUT2D eigenvalue weighted by molar-refractivity contribution is -0.141. The SMILES string of the molecule is COC(=O)C[C@H](NC(=O)c1ccccc1F)c1ccccc1Cl. The largest absolute Gasteiger partial charge is 0.469 e. The molecule has 4 nitrogen and oxygen atoms in total. The predicted molar refractivity (Wildman–Crippen MR) is 84.7 cm³/mol. The Morgan fingerprint density at radius 3 is 2.48 bits per heavy atom. The molecule has 1 amide bonds. The van der Waals surface area contributed by atoms with E-state index in [0.717, 1.165) is 0 Å². The molecule has 0 heterocycles. The maximum Gasteiger partial charge on any atom is 0.307 e. The number of hydrogen-bond donors (Lipinski definition) is 1. The van der Waals surface area contributed by atoms with Crippen LogP contribution in [0.2, 0.25) is 5.02 Å². The van der Waals surface area contributed by atoms with E-state index in [1.165, 1.54) is 25.3 Å². The number of esters is 1. The average Bonchev–Trinajstić information content (AvgIpc) is 2.55. The highest BCUT2D eigenvalue weighted by atomic mass is 35.5. The summed E-state index contributed by atoms with van der Waals surface area (Å²) < 4.78 is 18.4. The molecule has 1 N–H and O–H groups in total. The van der Waals surface area contributed by atoms with Crippen LogP contribution in [0.25, 0.3) is 0 Å². The van der Waals surface area contributed by atoms with Crippen LogP contribution >= 0.6 is 11.6 Å². The van der Waals surface area contributed by atoms with Crippen molar-refractivity contribution in [2.75, 3.05) is 7.11 Å². The smallest absolute Gasteiger partial charge is 0.307 e. The van der Waals surface area contributed by atoms with Gasteiger partial charge in [0.25, 0.3) is 5.91 Å². The van der Waals surface area contributed by atoms with Gasteiger partial charge in [-0.15, -0.1) is 0 Å². The first-order valence-corrected chi connectivity index (χ1v) is 7.27. The summed E-state index contributed by atoms with van der Waals surface area (Å²) in [7, 11) is 1.25. The normalized spacial score (nSPS) is 11.6. The van der Waals surface area contributed by atoms with Crippen LogP contribution in [-0.4, -0.2) is 19.0 Å². The van der Waals surface area contributed by atoms with Gasteiger partial charge in [0, 0.05) is 5.02 Å². The van der Waals surface area contributed by atoms with E-state index in [2.05, 4.69) is 10.1 Å². The summed E-state index contributed by atoms with van der Waals surface area (Å²) in [5.41, 5.74) is 0.457. The second kappa shape index (κ2) is 7.74. The van der Waals surface area contributed by atoms with Gasteiger partial charge >= 0.3 is 5.97 Å². The molecule has 2 aromatic carbocycles. The van der Waals surface area contributed by atoms with Gasteiger partial charge in [-0.05, 0) is 23.8 Å². The van der Waals surface area contributed by atoms with E-state index in [-0.39, 0.29) is 12.0 Å². The van der Waals surface area contributed by atoms with Crippen LogP contribution in [0.1, 0.15) is 28.4 Å². The summed E-state index contributed by atoms with van der Waals surface area (Å²) in [6.45, 7) is 0. The number of carbonyl (C=O) groups is 2. The first-order chi connectivity index (χ1) is 11.0. The second-order valence-electron chi connectivity index (χ2n) is 4.81. The van der Waals surface area contributed by atoms with Gasteiger partial charge in [-0.1, -0.05) is 41.9 Å². The zero-order valence-electron chi connectivity index (χ0n) is 12.4. The molecule has 2 aromatic rings. The van der Waals surface area contributed by atoms with Gasteiger partial charge in [0.1, 0.15) is 5.82 Å². The van der Waals surface area contributed by atoms with Gasteiger partial charge in [-0.25, -0.2) is 4.39 Å². The lowest BCUT2D eigenvalue weighted by Gasteiger charge is -2.19. The van der Waals surface area contributed by atoms with Crippen molar-refractivity contribution in [3.63, 3.8) is 0 Å². The number of amides is 1. The Kier molecular flexibility index (Phi) is 5.71. The molecule has 0 spiro atoms. The highest BCUT2D eigenvalue weighted by Gasteiger charge is 2.22. The molecule has 23 heavy (non-hydrogen) atoms. The highest BCUT2D eigenvalue weighted by Crippen LogP contribution is 2.26. The van der Waals surface area contributed by atoms with Crippen molar-refractivity contribution in [1.29, 1.82) is 0 Å². The van der Waals surface area contributed by atoms with E-state index in [9.17, 15) is 14.0 Å².